The van der Waals surface area contributed by atoms with Crippen LogP contribution < -0.4 is 10.1 Å². The number of rotatable bonds is 5. The Bertz CT molecular complexity index is 700. The van der Waals surface area contributed by atoms with E-state index in [1.54, 1.807) is 19.2 Å². The first-order valence-electron chi connectivity index (χ1n) is 8.77. The monoisotopic (exact) mass is 340 g/mol. The number of anilines is 2. The van der Waals surface area contributed by atoms with Gasteiger partial charge in [0.2, 0.25) is 0 Å². The minimum atomic E-state index is -0.0185. The van der Waals surface area contributed by atoms with Crippen LogP contribution in [0.2, 0.25) is 0 Å². The third-order valence-electron chi connectivity index (χ3n) is 4.61. The largest absolute Gasteiger partial charge is 0.497 e. The van der Waals surface area contributed by atoms with Gasteiger partial charge in [0.1, 0.15) is 5.75 Å². The number of hydrogen-bond donors (Lipinski definition) is 1. The highest BCUT2D eigenvalue weighted by atomic mass is 16.5. The standard InChI is InChI=1S/C19H24N4O2/c1-3-15-6-4-5-13-23(15)19(24)17-11-12-18(22-21-17)20-14-7-9-16(25-2)10-8-14/h7-12,15H,3-6,13H2,1-2H3,(H,20,22). The average molecular weight is 340 g/mol. The van der Waals surface area contributed by atoms with Gasteiger partial charge in [-0.2, -0.15) is 0 Å². The molecule has 25 heavy (non-hydrogen) atoms. The predicted molar refractivity (Wildman–Crippen MR) is 97.3 cm³/mol. The van der Waals surface area contributed by atoms with Crippen molar-refractivity contribution in [3.63, 3.8) is 0 Å². The normalized spacial score (nSPS) is 17.2. The number of aromatic nitrogens is 2. The first kappa shape index (κ1) is 17.2. The van der Waals surface area contributed by atoms with Crippen molar-refractivity contribution in [1.29, 1.82) is 0 Å². The Kier molecular flexibility index (Phi) is 5.48. The van der Waals surface area contributed by atoms with Crippen LogP contribution in [0.5, 0.6) is 5.75 Å². The van der Waals surface area contributed by atoms with Crippen molar-refractivity contribution in [3.8, 4) is 5.75 Å². The summed E-state index contributed by atoms with van der Waals surface area (Å²) < 4.78 is 5.14. The number of nitrogens with zero attached hydrogens (tertiary/aromatic N) is 3. The Labute approximate surface area is 148 Å². The van der Waals surface area contributed by atoms with E-state index in [2.05, 4.69) is 22.4 Å². The Morgan fingerprint density at radius 2 is 2.00 bits per heavy atom. The molecule has 1 aromatic heterocycles. The Balaban J connectivity index is 1.67. The summed E-state index contributed by atoms with van der Waals surface area (Å²) in [5.74, 6) is 1.38. The summed E-state index contributed by atoms with van der Waals surface area (Å²) in [5, 5.41) is 11.4. The fraction of sp³-hybridized carbons (Fsp3) is 0.421. The molecule has 1 atom stereocenters. The highest BCUT2D eigenvalue weighted by Gasteiger charge is 2.27. The van der Waals surface area contributed by atoms with Crippen LogP contribution in [-0.2, 0) is 0 Å². The van der Waals surface area contributed by atoms with E-state index in [4.69, 9.17) is 4.74 Å². The summed E-state index contributed by atoms with van der Waals surface area (Å²) in [6.45, 7) is 2.94. The predicted octanol–water partition coefficient (Wildman–Crippen LogP) is 3.63. The summed E-state index contributed by atoms with van der Waals surface area (Å²) in [5.41, 5.74) is 1.29. The molecule has 1 unspecified atom stereocenters. The highest BCUT2D eigenvalue weighted by molar-refractivity contribution is 5.92. The lowest BCUT2D eigenvalue weighted by Gasteiger charge is -2.34. The van der Waals surface area contributed by atoms with Crippen molar-refractivity contribution >= 4 is 17.4 Å². The van der Waals surface area contributed by atoms with Crippen molar-refractivity contribution in [2.45, 2.75) is 38.6 Å². The fourth-order valence-electron chi connectivity index (χ4n) is 3.17. The zero-order chi connectivity index (χ0) is 17.6. The van der Waals surface area contributed by atoms with Gasteiger partial charge in [-0.05, 0) is 62.1 Å². The van der Waals surface area contributed by atoms with E-state index in [1.807, 2.05) is 29.2 Å². The first-order chi connectivity index (χ1) is 12.2. The minimum Gasteiger partial charge on any atom is -0.497 e. The van der Waals surface area contributed by atoms with Crippen LogP contribution in [0.15, 0.2) is 36.4 Å². The second-order valence-corrected chi connectivity index (χ2v) is 6.21. The molecule has 3 rings (SSSR count). The maximum absolute atomic E-state index is 12.7. The van der Waals surface area contributed by atoms with Crippen molar-refractivity contribution in [2.24, 2.45) is 0 Å². The van der Waals surface area contributed by atoms with Gasteiger partial charge in [0, 0.05) is 18.3 Å². The van der Waals surface area contributed by atoms with Gasteiger partial charge in [0.15, 0.2) is 11.5 Å². The van der Waals surface area contributed by atoms with Crippen molar-refractivity contribution in [2.75, 3.05) is 19.0 Å². The average Bonchev–Trinajstić information content (AvgIpc) is 2.68. The van der Waals surface area contributed by atoms with Gasteiger partial charge in [-0.3, -0.25) is 4.79 Å². The SMILES string of the molecule is CCC1CCCCN1C(=O)c1ccc(Nc2ccc(OC)cc2)nn1. The Morgan fingerprint density at radius 3 is 2.64 bits per heavy atom. The summed E-state index contributed by atoms with van der Waals surface area (Å²) in [6.07, 6.45) is 4.31. The van der Waals surface area contributed by atoms with E-state index in [0.717, 1.165) is 37.2 Å². The number of carbonyl (C=O) groups is 1. The number of hydrogen-bond acceptors (Lipinski definition) is 5. The second kappa shape index (κ2) is 7.96. The smallest absolute Gasteiger partial charge is 0.274 e. The number of benzene rings is 1. The van der Waals surface area contributed by atoms with Gasteiger partial charge in [-0.1, -0.05) is 6.92 Å². The number of carbonyl (C=O) groups excluding carboxylic acids is 1. The van der Waals surface area contributed by atoms with Crippen LogP contribution in [0.3, 0.4) is 0 Å². The molecule has 6 heteroatoms. The molecule has 1 saturated heterocycles. The van der Waals surface area contributed by atoms with Crippen LogP contribution in [0.1, 0.15) is 43.1 Å². The summed E-state index contributed by atoms with van der Waals surface area (Å²) in [7, 11) is 1.63. The lowest BCUT2D eigenvalue weighted by molar-refractivity contribution is 0.0601. The van der Waals surface area contributed by atoms with Crippen molar-refractivity contribution in [1.82, 2.24) is 15.1 Å². The van der Waals surface area contributed by atoms with Gasteiger partial charge >= 0.3 is 0 Å². The summed E-state index contributed by atoms with van der Waals surface area (Å²) >= 11 is 0. The fourth-order valence-corrected chi connectivity index (χ4v) is 3.17. The highest BCUT2D eigenvalue weighted by Crippen LogP contribution is 2.22. The minimum absolute atomic E-state index is 0.0185. The zero-order valence-electron chi connectivity index (χ0n) is 14.7. The molecule has 1 N–H and O–H groups in total. The molecular formula is C19H24N4O2. The summed E-state index contributed by atoms with van der Waals surface area (Å²) in [6, 6.07) is 11.4. The van der Waals surface area contributed by atoms with Crippen molar-refractivity contribution in [3.05, 3.63) is 42.1 Å². The number of piperidine rings is 1. The molecule has 2 heterocycles. The van der Waals surface area contributed by atoms with Crippen LogP contribution in [0.25, 0.3) is 0 Å². The Hall–Kier alpha value is -2.63. The lowest BCUT2D eigenvalue weighted by atomic mass is 9.99. The van der Waals surface area contributed by atoms with E-state index in [-0.39, 0.29) is 5.91 Å². The van der Waals surface area contributed by atoms with Gasteiger partial charge < -0.3 is 15.0 Å². The molecule has 0 saturated carbocycles. The van der Waals surface area contributed by atoms with Crippen LogP contribution >= 0.6 is 0 Å². The quantitative estimate of drug-likeness (QED) is 0.900. The molecular weight excluding hydrogens is 316 g/mol. The van der Waals surface area contributed by atoms with E-state index >= 15 is 0 Å². The topological polar surface area (TPSA) is 67.4 Å². The number of methoxy groups -OCH3 is 1. The van der Waals surface area contributed by atoms with E-state index in [1.165, 1.54) is 6.42 Å². The summed E-state index contributed by atoms with van der Waals surface area (Å²) in [4.78, 5) is 14.6. The van der Waals surface area contributed by atoms with E-state index < -0.39 is 0 Å². The van der Waals surface area contributed by atoms with E-state index in [0.29, 0.717) is 17.6 Å². The molecule has 1 aliphatic heterocycles. The maximum atomic E-state index is 12.7. The molecule has 1 fully saturated rings. The van der Waals surface area contributed by atoms with Gasteiger partial charge in [0.05, 0.1) is 7.11 Å². The number of ether oxygens (including phenoxy) is 1. The first-order valence-corrected chi connectivity index (χ1v) is 8.77. The van der Waals surface area contributed by atoms with Crippen LogP contribution in [0, 0.1) is 0 Å². The second-order valence-electron chi connectivity index (χ2n) is 6.21. The van der Waals surface area contributed by atoms with Crippen molar-refractivity contribution < 1.29 is 9.53 Å². The molecule has 2 aromatic rings. The maximum Gasteiger partial charge on any atom is 0.274 e. The van der Waals surface area contributed by atoms with Crippen LogP contribution in [-0.4, -0.2) is 40.7 Å². The lowest BCUT2D eigenvalue weighted by Crippen LogP contribution is -2.43. The number of nitrogens with one attached hydrogen (secondary N) is 1. The molecule has 1 amide bonds. The van der Waals surface area contributed by atoms with Gasteiger partial charge in [-0.25, -0.2) is 0 Å². The molecule has 1 aromatic carbocycles. The van der Waals surface area contributed by atoms with Crippen LogP contribution in [0.4, 0.5) is 11.5 Å². The third kappa shape index (κ3) is 4.07. The molecule has 0 bridgehead atoms. The molecule has 0 radical (unpaired) electrons. The number of likely N-dealkylation sites (tertiary alicyclic amines) is 1. The van der Waals surface area contributed by atoms with Gasteiger partial charge in [0.25, 0.3) is 5.91 Å². The van der Waals surface area contributed by atoms with E-state index in [9.17, 15) is 4.79 Å². The molecule has 0 spiro atoms. The van der Waals surface area contributed by atoms with Gasteiger partial charge in [-0.15, -0.1) is 10.2 Å². The third-order valence-corrected chi connectivity index (χ3v) is 4.61. The zero-order valence-corrected chi connectivity index (χ0v) is 14.7. The molecule has 0 aliphatic carbocycles. The Morgan fingerprint density at radius 1 is 1.20 bits per heavy atom. The molecule has 6 nitrogen and oxygen atoms in total. The molecule has 132 valence electrons. The molecule has 1 aliphatic rings. The number of amides is 1.